The minimum atomic E-state index is -0.933. The van der Waals surface area contributed by atoms with Gasteiger partial charge in [0, 0.05) is 18.7 Å². The Morgan fingerprint density at radius 2 is 2.11 bits per heavy atom. The van der Waals surface area contributed by atoms with E-state index in [0.717, 1.165) is 25.0 Å². The maximum absolute atomic E-state index is 13.2. The predicted molar refractivity (Wildman–Crippen MR) is 62.1 cm³/mol. The third kappa shape index (κ3) is 2.76. The first-order chi connectivity index (χ1) is 8.58. The van der Waals surface area contributed by atoms with Crippen molar-refractivity contribution in [2.75, 3.05) is 18.9 Å². The topological polar surface area (TPSA) is 64.4 Å². The summed E-state index contributed by atoms with van der Waals surface area (Å²) in [7, 11) is 0. The molecule has 1 aliphatic rings. The number of ether oxygens (including phenoxy) is 1. The largest absolute Gasteiger partial charge is 0.394 e. The molecule has 98 valence electrons. The summed E-state index contributed by atoms with van der Waals surface area (Å²) in [5.74, 6) is -2.40. The van der Waals surface area contributed by atoms with Gasteiger partial charge in [0.05, 0.1) is 6.10 Å². The van der Waals surface area contributed by atoms with Crippen LogP contribution in [0.5, 0.6) is 0 Å². The fourth-order valence-electron chi connectivity index (χ4n) is 1.83. The lowest BCUT2D eigenvalue weighted by molar-refractivity contribution is 0.0857. The van der Waals surface area contributed by atoms with Gasteiger partial charge in [0.15, 0.2) is 0 Å². The van der Waals surface area contributed by atoms with Gasteiger partial charge in [-0.25, -0.2) is 8.78 Å². The molecule has 0 spiro atoms. The molecular weight excluding hydrogens is 242 g/mol. The summed E-state index contributed by atoms with van der Waals surface area (Å²) in [6.07, 6.45) is 1.83. The van der Waals surface area contributed by atoms with Gasteiger partial charge in [0.25, 0.3) is 5.91 Å². The number of rotatable bonds is 3. The number of hydrogen-bond acceptors (Lipinski definition) is 3. The lowest BCUT2D eigenvalue weighted by atomic mass is 10.1. The summed E-state index contributed by atoms with van der Waals surface area (Å²) in [5, 5.41) is 2.58. The van der Waals surface area contributed by atoms with Gasteiger partial charge in [-0.2, -0.15) is 0 Å². The standard InChI is InChI=1S/C12H14F2N2O2/c13-9-4-7(5-10(14)11(9)15)12(17)16-6-8-2-1-3-18-8/h4-5,8H,1-3,6,15H2,(H,16,17). The Morgan fingerprint density at radius 1 is 1.44 bits per heavy atom. The van der Waals surface area contributed by atoms with Crippen LogP contribution in [-0.4, -0.2) is 25.2 Å². The Balaban J connectivity index is 2.00. The third-order valence-electron chi connectivity index (χ3n) is 2.86. The Labute approximate surface area is 103 Å². The molecule has 1 aliphatic heterocycles. The van der Waals surface area contributed by atoms with E-state index >= 15 is 0 Å². The number of nitrogen functional groups attached to an aromatic ring is 1. The predicted octanol–water partition coefficient (Wildman–Crippen LogP) is 1.46. The molecule has 3 N–H and O–H groups in total. The molecule has 6 heteroatoms. The van der Waals surface area contributed by atoms with Crippen molar-refractivity contribution < 1.29 is 18.3 Å². The first-order valence-electron chi connectivity index (χ1n) is 5.72. The van der Waals surface area contributed by atoms with Crippen LogP contribution >= 0.6 is 0 Å². The average molecular weight is 256 g/mol. The fraction of sp³-hybridized carbons (Fsp3) is 0.417. The van der Waals surface area contributed by atoms with E-state index in [2.05, 4.69) is 5.32 Å². The Morgan fingerprint density at radius 3 is 2.67 bits per heavy atom. The van der Waals surface area contributed by atoms with Crippen LogP contribution in [0.25, 0.3) is 0 Å². The van der Waals surface area contributed by atoms with Crippen molar-refractivity contribution in [3.05, 3.63) is 29.3 Å². The molecule has 1 aromatic carbocycles. The second-order valence-electron chi connectivity index (χ2n) is 4.20. The second-order valence-corrected chi connectivity index (χ2v) is 4.20. The van der Waals surface area contributed by atoms with E-state index in [0.29, 0.717) is 13.2 Å². The van der Waals surface area contributed by atoms with E-state index in [1.165, 1.54) is 0 Å². The zero-order valence-corrected chi connectivity index (χ0v) is 9.71. The smallest absolute Gasteiger partial charge is 0.251 e. The molecule has 0 aromatic heterocycles. The van der Waals surface area contributed by atoms with Crippen LogP contribution in [0.4, 0.5) is 14.5 Å². The summed E-state index contributed by atoms with van der Waals surface area (Å²) < 4.78 is 31.7. The molecular formula is C12H14F2N2O2. The second kappa shape index (κ2) is 5.30. The zero-order valence-electron chi connectivity index (χ0n) is 9.71. The molecule has 2 rings (SSSR count). The summed E-state index contributed by atoms with van der Waals surface area (Å²) in [6.45, 7) is 1.03. The summed E-state index contributed by atoms with van der Waals surface area (Å²) in [6, 6.07) is 1.84. The minimum absolute atomic E-state index is 0.0163. The van der Waals surface area contributed by atoms with E-state index in [9.17, 15) is 13.6 Å². The molecule has 0 saturated carbocycles. The summed E-state index contributed by atoms with van der Waals surface area (Å²) >= 11 is 0. The summed E-state index contributed by atoms with van der Waals surface area (Å²) in [4.78, 5) is 11.7. The molecule has 1 atom stereocenters. The molecule has 1 aromatic rings. The van der Waals surface area contributed by atoms with Crippen molar-refractivity contribution in [2.45, 2.75) is 18.9 Å². The third-order valence-corrected chi connectivity index (χ3v) is 2.86. The van der Waals surface area contributed by atoms with Crippen LogP contribution in [0.3, 0.4) is 0 Å². The van der Waals surface area contributed by atoms with Crippen LogP contribution in [0.15, 0.2) is 12.1 Å². The highest BCUT2D eigenvalue weighted by Gasteiger charge is 2.18. The number of hydrogen-bond donors (Lipinski definition) is 2. The van der Waals surface area contributed by atoms with Gasteiger partial charge in [-0.3, -0.25) is 4.79 Å². The molecule has 1 heterocycles. The number of benzene rings is 1. The van der Waals surface area contributed by atoms with E-state index in [1.807, 2.05) is 0 Å². The normalized spacial score (nSPS) is 18.9. The highest BCUT2D eigenvalue weighted by atomic mass is 19.1. The quantitative estimate of drug-likeness (QED) is 0.805. The first-order valence-corrected chi connectivity index (χ1v) is 5.72. The number of nitrogens with two attached hydrogens (primary N) is 1. The van der Waals surface area contributed by atoms with Gasteiger partial charge in [0.1, 0.15) is 17.3 Å². The maximum atomic E-state index is 13.2. The Hall–Kier alpha value is -1.69. The van der Waals surface area contributed by atoms with Gasteiger partial charge in [-0.05, 0) is 25.0 Å². The van der Waals surface area contributed by atoms with E-state index in [-0.39, 0.29) is 11.7 Å². The molecule has 1 fully saturated rings. The van der Waals surface area contributed by atoms with Crippen molar-refractivity contribution in [2.24, 2.45) is 0 Å². The average Bonchev–Trinajstić information content (AvgIpc) is 2.85. The number of amides is 1. The number of carbonyl (C=O) groups is 1. The molecule has 4 nitrogen and oxygen atoms in total. The number of carbonyl (C=O) groups excluding carboxylic acids is 1. The first kappa shape index (κ1) is 12.8. The van der Waals surface area contributed by atoms with Crippen LogP contribution < -0.4 is 11.1 Å². The molecule has 0 bridgehead atoms. The van der Waals surface area contributed by atoms with Gasteiger partial charge >= 0.3 is 0 Å². The van der Waals surface area contributed by atoms with Gasteiger partial charge in [0.2, 0.25) is 0 Å². The van der Waals surface area contributed by atoms with Crippen molar-refractivity contribution in [1.82, 2.24) is 5.32 Å². The number of halogens is 2. The highest BCUT2D eigenvalue weighted by Crippen LogP contribution is 2.17. The van der Waals surface area contributed by atoms with E-state index < -0.39 is 23.2 Å². The lowest BCUT2D eigenvalue weighted by Crippen LogP contribution is -2.31. The van der Waals surface area contributed by atoms with Crippen LogP contribution in [0.2, 0.25) is 0 Å². The Kier molecular flexibility index (Phi) is 3.76. The van der Waals surface area contributed by atoms with Crippen LogP contribution in [-0.2, 0) is 4.74 Å². The number of nitrogens with one attached hydrogen (secondary N) is 1. The zero-order chi connectivity index (χ0) is 13.1. The number of anilines is 1. The van der Waals surface area contributed by atoms with Crippen LogP contribution in [0.1, 0.15) is 23.2 Å². The molecule has 1 amide bonds. The fourth-order valence-corrected chi connectivity index (χ4v) is 1.83. The lowest BCUT2D eigenvalue weighted by Gasteiger charge is -2.11. The molecule has 0 radical (unpaired) electrons. The van der Waals surface area contributed by atoms with Crippen molar-refractivity contribution in [3.8, 4) is 0 Å². The van der Waals surface area contributed by atoms with Crippen molar-refractivity contribution in [3.63, 3.8) is 0 Å². The van der Waals surface area contributed by atoms with E-state index in [4.69, 9.17) is 10.5 Å². The van der Waals surface area contributed by atoms with Gasteiger partial charge in [-0.15, -0.1) is 0 Å². The minimum Gasteiger partial charge on any atom is -0.394 e. The molecule has 18 heavy (non-hydrogen) atoms. The highest BCUT2D eigenvalue weighted by molar-refractivity contribution is 5.94. The SMILES string of the molecule is Nc1c(F)cc(C(=O)NCC2CCCO2)cc1F. The molecule has 1 saturated heterocycles. The monoisotopic (exact) mass is 256 g/mol. The maximum Gasteiger partial charge on any atom is 0.251 e. The van der Waals surface area contributed by atoms with E-state index in [1.54, 1.807) is 0 Å². The molecule has 1 unspecified atom stereocenters. The Bertz CT molecular complexity index is 436. The summed E-state index contributed by atoms with van der Waals surface area (Å²) in [5.41, 5.74) is 4.46. The van der Waals surface area contributed by atoms with Gasteiger partial charge < -0.3 is 15.8 Å². The van der Waals surface area contributed by atoms with Crippen molar-refractivity contribution in [1.29, 1.82) is 0 Å². The molecule has 0 aliphatic carbocycles. The van der Waals surface area contributed by atoms with Crippen molar-refractivity contribution >= 4 is 11.6 Å². The van der Waals surface area contributed by atoms with Crippen LogP contribution in [0, 0.1) is 11.6 Å². The van der Waals surface area contributed by atoms with Gasteiger partial charge in [-0.1, -0.05) is 0 Å².